The summed E-state index contributed by atoms with van der Waals surface area (Å²) in [5.41, 5.74) is 0.848. The second-order valence-corrected chi connectivity index (χ2v) is 5.13. The van der Waals surface area contributed by atoms with Crippen molar-refractivity contribution in [3.05, 3.63) is 17.8 Å². The van der Waals surface area contributed by atoms with E-state index in [2.05, 4.69) is 9.88 Å². The topological polar surface area (TPSA) is 75.8 Å². The quantitative estimate of drug-likeness (QED) is 0.871. The second-order valence-electron chi connectivity index (χ2n) is 5.13. The summed E-state index contributed by atoms with van der Waals surface area (Å²) in [5, 5.41) is 8.91. The van der Waals surface area contributed by atoms with Crippen LogP contribution >= 0.6 is 0 Å². The SMILES string of the molecule is CC(C)c1nc(CN2CCOC[C@@H]2CC(=O)O)co1. The van der Waals surface area contributed by atoms with E-state index in [-0.39, 0.29) is 18.4 Å². The van der Waals surface area contributed by atoms with E-state index in [9.17, 15) is 4.79 Å². The van der Waals surface area contributed by atoms with Crippen LogP contribution in [0.3, 0.4) is 0 Å². The smallest absolute Gasteiger partial charge is 0.305 e. The minimum atomic E-state index is -0.802. The summed E-state index contributed by atoms with van der Waals surface area (Å²) >= 11 is 0. The van der Waals surface area contributed by atoms with Gasteiger partial charge in [0, 0.05) is 25.0 Å². The lowest BCUT2D eigenvalue weighted by Crippen LogP contribution is -2.45. The van der Waals surface area contributed by atoms with Gasteiger partial charge in [0.1, 0.15) is 6.26 Å². The van der Waals surface area contributed by atoms with Crippen LogP contribution in [0.25, 0.3) is 0 Å². The van der Waals surface area contributed by atoms with Crippen LogP contribution in [-0.2, 0) is 16.1 Å². The van der Waals surface area contributed by atoms with E-state index in [1.54, 1.807) is 6.26 Å². The first-order valence-electron chi connectivity index (χ1n) is 6.54. The van der Waals surface area contributed by atoms with Gasteiger partial charge < -0.3 is 14.3 Å². The van der Waals surface area contributed by atoms with Crippen molar-refractivity contribution in [2.75, 3.05) is 19.8 Å². The first-order valence-corrected chi connectivity index (χ1v) is 6.54. The molecular formula is C13H20N2O4. The molecule has 1 aromatic rings. The van der Waals surface area contributed by atoms with Gasteiger partial charge in [0.25, 0.3) is 0 Å². The summed E-state index contributed by atoms with van der Waals surface area (Å²) in [6, 6.07) is -0.0922. The monoisotopic (exact) mass is 268 g/mol. The zero-order chi connectivity index (χ0) is 13.8. The van der Waals surface area contributed by atoms with Gasteiger partial charge in [-0.2, -0.15) is 0 Å². The molecule has 0 aromatic carbocycles. The van der Waals surface area contributed by atoms with Crippen molar-refractivity contribution in [3.8, 4) is 0 Å². The summed E-state index contributed by atoms with van der Waals surface area (Å²) in [5.74, 6) is 0.176. The fraction of sp³-hybridized carbons (Fsp3) is 0.692. The van der Waals surface area contributed by atoms with Crippen molar-refractivity contribution in [2.45, 2.75) is 38.8 Å². The minimum Gasteiger partial charge on any atom is -0.481 e. The molecule has 0 unspecified atom stereocenters. The van der Waals surface area contributed by atoms with Gasteiger partial charge >= 0.3 is 5.97 Å². The molecular weight excluding hydrogens is 248 g/mol. The predicted molar refractivity (Wildman–Crippen MR) is 67.9 cm³/mol. The lowest BCUT2D eigenvalue weighted by molar-refractivity contribution is -0.140. The third-order valence-corrected chi connectivity index (χ3v) is 3.19. The molecule has 106 valence electrons. The Morgan fingerprint density at radius 3 is 3.05 bits per heavy atom. The number of rotatable bonds is 5. The van der Waals surface area contributed by atoms with Crippen molar-refractivity contribution < 1.29 is 19.1 Å². The van der Waals surface area contributed by atoms with Crippen molar-refractivity contribution in [3.63, 3.8) is 0 Å². The Morgan fingerprint density at radius 2 is 2.42 bits per heavy atom. The molecule has 0 saturated carbocycles. The van der Waals surface area contributed by atoms with Crippen molar-refractivity contribution in [2.24, 2.45) is 0 Å². The molecule has 1 fully saturated rings. The zero-order valence-corrected chi connectivity index (χ0v) is 11.3. The third-order valence-electron chi connectivity index (χ3n) is 3.19. The lowest BCUT2D eigenvalue weighted by atomic mass is 10.1. The number of oxazole rings is 1. The standard InChI is InChI=1S/C13H20N2O4/c1-9(2)13-14-10(7-19-13)6-15-3-4-18-8-11(15)5-12(16)17/h7,9,11H,3-6,8H2,1-2H3,(H,16,17)/t11-/m0/s1. The van der Waals surface area contributed by atoms with Crippen molar-refractivity contribution in [1.82, 2.24) is 9.88 Å². The molecule has 6 heteroatoms. The van der Waals surface area contributed by atoms with E-state index in [0.29, 0.717) is 19.8 Å². The first kappa shape index (κ1) is 14.0. The maximum atomic E-state index is 10.8. The highest BCUT2D eigenvalue weighted by Crippen LogP contribution is 2.17. The maximum absolute atomic E-state index is 10.8. The number of ether oxygens (including phenoxy) is 1. The van der Waals surface area contributed by atoms with E-state index in [1.165, 1.54) is 0 Å². The number of carboxylic acid groups (broad SMARTS) is 1. The molecule has 0 radical (unpaired) electrons. The maximum Gasteiger partial charge on any atom is 0.305 e. The normalized spacial score (nSPS) is 20.9. The Labute approximate surface area is 112 Å². The molecule has 2 rings (SSSR count). The molecule has 0 spiro atoms. The van der Waals surface area contributed by atoms with Gasteiger partial charge in [-0.3, -0.25) is 9.69 Å². The van der Waals surface area contributed by atoms with E-state index in [1.807, 2.05) is 13.8 Å². The largest absolute Gasteiger partial charge is 0.481 e. The number of hydrogen-bond acceptors (Lipinski definition) is 5. The molecule has 0 amide bonds. The number of aromatic nitrogens is 1. The van der Waals surface area contributed by atoms with Crippen LogP contribution in [0.15, 0.2) is 10.7 Å². The van der Waals surface area contributed by atoms with Crippen LogP contribution < -0.4 is 0 Å². The van der Waals surface area contributed by atoms with Crippen LogP contribution in [0.2, 0.25) is 0 Å². The Bertz CT molecular complexity index is 430. The van der Waals surface area contributed by atoms with Crippen LogP contribution in [0.4, 0.5) is 0 Å². The van der Waals surface area contributed by atoms with Gasteiger partial charge in [0.15, 0.2) is 5.89 Å². The zero-order valence-electron chi connectivity index (χ0n) is 11.3. The number of carbonyl (C=O) groups is 1. The fourth-order valence-corrected chi connectivity index (χ4v) is 2.16. The highest BCUT2D eigenvalue weighted by Gasteiger charge is 2.26. The average Bonchev–Trinajstić information content (AvgIpc) is 2.80. The molecule has 1 aromatic heterocycles. The molecule has 1 aliphatic rings. The molecule has 1 aliphatic heterocycles. The number of carboxylic acids is 1. The van der Waals surface area contributed by atoms with Gasteiger partial charge in [0.05, 0.1) is 25.3 Å². The Morgan fingerprint density at radius 1 is 1.63 bits per heavy atom. The summed E-state index contributed by atoms with van der Waals surface area (Å²) in [4.78, 5) is 17.4. The summed E-state index contributed by atoms with van der Waals surface area (Å²) in [6.07, 6.45) is 1.75. The van der Waals surface area contributed by atoms with Crippen molar-refractivity contribution >= 4 is 5.97 Å². The molecule has 0 aliphatic carbocycles. The van der Waals surface area contributed by atoms with Gasteiger partial charge in [-0.25, -0.2) is 4.98 Å². The molecule has 6 nitrogen and oxygen atoms in total. The van der Waals surface area contributed by atoms with Crippen LogP contribution in [-0.4, -0.2) is 46.8 Å². The first-order chi connectivity index (χ1) is 9.06. The van der Waals surface area contributed by atoms with Gasteiger partial charge in [-0.1, -0.05) is 13.8 Å². The minimum absolute atomic E-state index is 0.0922. The van der Waals surface area contributed by atoms with Gasteiger partial charge in [-0.15, -0.1) is 0 Å². The third kappa shape index (κ3) is 3.78. The molecule has 2 heterocycles. The van der Waals surface area contributed by atoms with Gasteiger partial charge in [0.2, 0.25) is 0 Å². The molecule has 1 N–H and O–H groups in total. The van der Waals surface area contributed by atoms with E-state index < -0.39 is 5.97 Å². The van der Waals surface area contributed by atoms with Crippen LogP contribution in [0.5, 0.6) is 0 Å². The Kier molecular flexibility index (Phi) is 4.55. The van der Waals surface area contributed by atoms with E-state index in [0.717, 1.165) is 18.1 Å². The van der Waals surface area contributed by atoms with Crippen LogP contribution in [0, 0.1) is 0 Å². The number of hydrogen-bond donors (Lipinski definition) is 1. The predicted octanol–water partition coefficient (Wildman–Crippen LogP) is 1.47. The molecule has 1 atom stereocenters. The number of aliphatic carboxylic acids is 1. The second kappa shape index (κ2) is 6.16. The average molecular weight is 268 g/mol. The highest BCUT2D eigenvalue weighted by atomic mass is 16.5. The number of morpholine rings is 1. The molecule has 19 heavy (non-hydrogen) atoms. The van der Waals surface area contributed by atoms with E-state index >= 15 is 0 Å². The fourth-order valence-electron chi connectivity index (χ4n) is 2.16. The summed E-state index contributed by atoms with van der Waals surface area (Å²) < 4.78 is 10.7. The van der Waals surface area contributed by atoms with Gasteiger partial charge in [-0.05, 0) is 0 Å². The van der Waals surface area contributed by atoms with Crippen molar-refractivity contribution in [1.29, 1.82) is 0 Å². The molecule has 1 saturated heterocycles. The summed E-state index contributed by atoms with van der Waals surface area (Å²) in [7, 11) is 0. The lowest BCUT2D eigenvalue weighted by Gasteiger charge is -2.34. The number of nitrogens with zero attached hydrogens (tertiary/aromatic N) is 2. The molecule has 0 bridgehead atoms. The Balaban J connectivity index is 1.99. The Hall–Kier alpha value is -1.40. The van der Waals surface area contributed by atoms with Crippen LogP contribution in [0.1, 0.15) is 37.8 Å². The highest BCUT2D eigenvalue weighted by molar-refractivity contribution is 5.67. The van der Waals surface area contributed by atoms with E-state index in [4.69, 9.17) is 14.3 Å². The summed E-state index contributed by atoms with van der Waals surface area (Å²) in [6.45, 7) is 6.47.